The minimum Gasteiger partial charge on any atom is -0.347 e. The highest BCUT2D eigenvalue weighted by molar-refractivity contribution is 6.12. The number of nitrogens with one attached hydrogen (secondary N) is 2. The molecule has 1 heterocycles. The first-order valence-corrected chi connectivity index (χ1v) is 7.91. The molecule has 1 aliphatic rings. The van der Waals surface area contributed by atoms with Gasteiger partial charge in [0, 0.05) is 25.1 Å². The normalized spacial score (nSPS) is 14.7. The lowest BCUT2D eigenvalue weighted by molar-refractivity contribution is -0.137. The number of ketones is 1. The summed E-state index contributed by atoms with van der Waals surface area (Å²) in [5, 5.41) is 4.95. The van der Waals surface area contributed by atoms with Gasteiger partial charge >= 0.3 is 0 Å². The highest BCUT2D eigenvalue weighted by atomic mass is 16.2. The summed E-state index contributed by atoms with van der Waals surface area (Å²) < 4.78 is 0. The van der Waals surface area contributed by atoms with E-state index in [1.54, 1.807) is 6.92 Å². The number of unbranched alkanes of at least 4 members (excludes halogenated alkanes) is 2. The van der Waals surface area contributed by atoms with Gasteiger partial charge in [-0.15, -0.1) is 0 Å². The highest BCUT2D eigenvalue weighted by Crippen LogP contribution is 2.07. The second kappa shape index (κ2) is 9.59. The molecule has 0 bridgehead atoms. The number of nitrogens with zero attached hydrogens (tertiary/aromatic N) is 1. The molecule has 2 N–H and O–H groups in total. The number of amides is 4. The third-order valence-electron chi connectivity index (χ3n) is 3.62. The van der Waals surface area contributed by atoms with E-state index in [4.69, 9.17) is 0 Å². The fourth-order valence-corrected chi connectivity index (χ4v) is 2.05. The van der Waals surface area contributed by atoms with Crippen molar-refractivity contribution in [3.8, 4) is 0 Å². The van der Waals surface area contributed by atoms with Gasteiger partial charge < -0.3 is 10.6 Å². The monoisotopic (exact) mass is 337 g/mol. The van der Waals surface area contributed by atoms with Crippen molar-refractivity contribution in [2.24, 2.45) is 0 Å². The average molecular weight is 337 g/mol. The first-order chi connectivity index (χ1) is 11.3. The minimum atomic E-state index is -0.570. The molecule has 0 radical (unpaired) electrons. The molecule has 1 unspecified atom stereocenters. The van der Waals surface area contributed by atoms with Gasteiger partial charge in [0.25, 0.3) is 11.8 Å². The van der Waals surface area contributed by atoms with Crippen LogP contribution in [0.15, 0.2) is 12.2 Å². The molecule has 0 aromatic carbocycles. The summed E-state index contributed by atoms with van der Waals surface area (Å²) in [6.07, 6.45) is 4.67. The Hall–Kier alpha value is -2.51. The molecule has 0 fully saturated rings. The topological polar surface area (TPSA) is 113 Å². The van der Waals surface area contributed by atoms with Crippen LogP contribution in [-0.2, 0) is 24.0 Å². The van der Waals surface area contributed by atoms with Gasteiger partial charge in [0.05, 0.1) is 12.6 Å². The Kier molecular flexibility index (Phi) is 7.81. The van der Waals surface area contributed by atoms with Crippen LogP contribution in [0.5, 0.6) is 0 Å². The molecule has 0 saturated heterocycles. The Bertz CT molecular complexity index is 538. The summed E-state index contributed by atoms with van der Waals surface area (Å²) in [7, 11) is 0. The summed E-state index contributed by atoms with van der Waals surface area (Å²) in [4.78, 5) is 57.9. The van der Waals surface area contributed by atoms with Crippen LogP contribution >= 0.6 is 0 Å². The standard InChI is InChI=1S/C16H23N3O5/c1-11(12(2)20)18-14(22)10-17-13(21)6-4-3-5-9-19-15(23)7-8-16(19)24/h7-8,11H,3-6,9-10H2,1-2H3,(H,17,21)(H,18,22). The second-order valence-electron chi connectivity index (χ2n) is 5.65. The Balaban J connectivity index is 2.08. The van der Waals surface area contributed by atoms with Crippen LogP contribution in [0.4, 0.5) is 0 Å². The molecule has 8 nitrogen and oxygen atoms in total. The van der Waals surface area contributed by atoms with Crippen molar-refractivity contribution in [2.45, 2.75) is 45.6 Å². The van der Waals surface area contributed by atoms with Gasteiger partial charge in [0.2, 0.25) is 11.8 Å². The van der Waals surface area contributed by atoms with E-state index in [9.17, 15) is 24.0 Å². The molecule has 0 aromatic rings. The van der Waals surface area contributed by atoms with E-state index in [1.807, 2.05) is 0 Å². The van der Waals surface area contributed by atoms with Crippen molar-refractivity contribution in [1.29, 1.82) is 0 Å². The fourth-order valence-electron chi connectivity index (χ4n) is 2.05. The number of carbonyl (C=O) groups excluding carboxylic acids is 5. The number of hydrogen-bond donors (Lipinski definition) is 2. The molecule has 4 amide bonds. The second-order valence-corrected chi connectivity index (χ2v) is 5.65. The molecule has 0 aliphatic carbocycles. The van der Waals surface area contributed by atoms with Crippen LogP contribution in [0.1, 0.15) is 39.5 Å². The maximum absolute atomic E-state index is 11.6. The Labute approximate surface area is 140 Å². The predicted octanol–water partition coefficient (Wildman–Crippen LogP) is -0.318. The zero-order chi connectivity index (χ0) is 18.1. The van der Waals surface area contributed by atoms with Crippen LogP contribution in [0, 0.1) is 0 Å². The number of rotatable bonds is 10. The molecule has 0 aromatic heterocycles. The summed E-state index contributed by atoms with van der Waals surface area (Å²) in [5.41, 5.74) is 0. The smallest absolute Gasteiger partial charge is 0.253 e. The molecule has 132 valence electrons. The molecule has 1 atom stereocenters. The first kappa shape index (κ1) is 19.5. The fraction of sp³-hybridized carbons (Fsp3) is 0.562. The van der Waals surface area contributed by atoms with Crippen molar-refractivity contribution in [3.63, 3.8) is 0 Å². The molecule has 1 aliphatic heterocycles. The van der Waals surface area contributed by atoms with Gasteiger partial charge in [-0.3, -0.25) is 28.9 Å². The van der Waals surface area contributed by atoms with Crippen LogP contribution < -0.4 is 10.6 Å². The van der Waals surface area contributed by atoms with E-state index in [2.05, 4.69) is 10.6 Å². The average Bonchev–Trinajstić information content (AvgIpc) is 2.84. The number of imide groups is 1. The summed E-state index contributed by atoms with van der Waals surface area (Å²) >= 11 is 0. The van der Waals surface area contributed by atoms with E-state index in [0.717, 1.165) is 0 Å². The van der Waals surface area contributed by atoms with Gasteiger partial charge in [-0.1, -0.05) is 6.42 Å². The highest BCUT2D eigenvalue weighted by Gasteiger charge is 2.22. The quantitative estimate of drug-likeness (QED) is 0.419. The maximum atomic E-state index is 11.6. The maximum Gasteiger partial charge on any atom is 0.253 e. The van der Waals surface area contributed by atoms with Crippen LogP contribution in [0.2, 0.25) is 0 Å². The van der Waals surface area contributed by atoms with E-state index >= 15 is 0 Å². The van der Waals surface area contributed by atoms with Crippen molar-refractivity contribution in [2.75, 3.05) is 13.1 Å². The largest absolute Gasteiger partial charge is 0.347 e. The predicted molar refractivity (Wildman–Crippen MR) is 85.6 cm³/mol. The SMILES string of the molecule is CC(=O)C(C)NC(=O)CNC(=O)CCCCCN1C(=O)C=CC1=O. The molecule has 24 heavy (non-hydrogen) atoms. The first-order valence-electron chi connectivity index (χ1n) is 7.91. The zero-order valence-electron chi connectivity index (χ0n) is 14.0. The van der Waals surface area contributed by atoms with Crippen LogP contribution in [0.25, 0.3) is 0 Å². The van der Waals surface area contributed by atoms with Crippen molar-refractivity contribution >= 4 is 29.4 Å². The zero-order valence-corrected chi connectivity index (χ0v) is 14.0. The van der Waals surface area contributed by atoms with E-state index in [0.29, 0.717) is 25.8 Å². The Morgan fingerprint density at radius 3 is 2.25 bits per heavy atom. The lowest BCUT2D eigenvalue weighted by atomic mass is 10.2. The van der Waals surface area contributed by atoms with E-state index in [-0.39, 0.29) is 36.5 Å². The molecular formula is C16H23N3O5. The molecule has 8 heteroatoms. The van der Waals surface area contributed by atoms with E-state index < -0.39 is 11.9 Å². The van der Waals surface area contributed by atoms with Crippen molar-refractivity contribution in [1.82, 2.24) is 15.5 Å². The summed E-state index contributed by atoms with van der Waals surface area (Å²) in [6.45, 7) is 3.13. The van der Waals surface area contributed by atoms with E-state index in [1.165, 1.54) is 24.0 Å². The minimum absolute atomic E-state index is 0.153. The lowest BCUT2D eigenvalue weighted by Gasteiger charge is -2.13. The third kappa shape index (κ3) is 6.72. The summed E-state index contributed by atoms with van der Waals surface area (Å²) in [5.74, 6) is -1.42. The third-order valence-corrected chi connectivity index (χ3v) is 3.62. The van der Waals surface area contributed by atoms with Gasteiger partial charge in [-0.25, -0.2) is 0 Å². The number of hydrogen-bond acceptors (Lipinski definition) is 5. The van der Waals surface area contributed by atoms with Gasteiger partial charge in [-0.05, 0) is 26.7 Å². The molecule has 0 saturated carbocycles. The number of carbonyl (C=O) groups is 5. The summed E-state index contributed by atoms with van der Waals surface area (Å²) in [6, 6.07) is -0.570. The number of Topliss-reactive ketones (excluding diaryl/α,β-unsaturated/α-hetero) is 1. The lowest BCUT2D eigenvalue weighted by Crippen LogP contribution is -2.43. The van der Waals surface area contributed by atoms with Crippen LogP contribution in [0.3, 0.4) is 0 Å². The van der Waals surface area contributed by atoms with Crippen LogP contribution in [-0.4, -0.2) is 53.4 Å². The Morgan fingerprint density at radius 1 is 1.04 bits per heavy atom. The van der Waals surface area contributed by atoms with Gasteiger partial charge in [-0.2, -0.15) is 0 Å². The van der Waals surface area contributed by atoms with Gasteiger partial charge in [0.15, 0.2) is 5.78 Å². The van der Waals surface area contributed by atoms with Gasteiger partial charge in [0.1, 0.15) is 0 Å². The van der Waals surface area contributed by atoms with Crippen molar-refractivity contribution < 1.29 is 24.0 Å². The molecule has 0 spiro atoms. The van der Waals surface area contributed by atoms with Crippen molar-refractivity contribution in [3.05, 3.63) is 12.2 Å². The molecule has 1 rings (SSSR count). The Morgan fingerprint density at radius 2 is 1.67 bits per heavy atom. The molecular weight excluding hydrogens is 314 g/mol.